The van der Waals surface area contributed by atoms with Crippen LogP contribution in [0.25, 0.3) is 20.8 Å². The number of nitrogens with one attached hydrogen (secondary N) is 2. The second kappa shape index (κ2) is 7.83. The van der Waals surface area contributed by atoms with Gasteiger partial charge in [0.1, 0.15) is 22.9 Å². The van der Waals surface area contributed by atoms with Crippen molar-refractivity contribution in [2.75, 3.05) is 6.54 Å². The lowest BCUT2D eigenvalue weighted by atomic mass is 10.0. The Morgan fingerprint density at radius 3 is 2.86 bits per heavy atom. The number of para-hydroxylation sites is 1. The number of rotatable bonds is 5. The molecule has 6 nitrogen and oxygen atoms in total. The van der Waals surface area contributed by atoms with Crippen molar-refractivity contribution < 1.29 is 14.3 Å². The molecule has 7 heteroatoms. The Labute approximate surface area is 173 Å². The number of amides is 2. The van der Waals surface area contributed by atoms with Crippen LogP contribution in [0, 0.1) is 6.92 Å². The number of hydrogen-bond donors (Lipinski definition) is 2. The summed E-state index contributed by atoms with van der Waals surface area (Å²) in [6, 6.07) is 11.8. The van der Waals surface area contributed by atoms with Gasteiger partial charge >= 0.3 is 0 Å². The minimum atomic E-state index is -0.572. The number of carbonyl (C=O) groups is 2. The zero-order valence-corrected chi connectivity index (χ0v) is 17.4. The van der Waals surface area contributed by atoms with E-state index in [0.29, 0.717) is 6.54 Å². The first kappa shape index (κ1) is 19.4. The summed E-state index contributed by atoms with van der Waals surface area (Å²) in [5, 5.41) is 6.40. The fourth-order valence-electron chi connectivity index (χ4n) is 3.59. The van der Waals surface area contributed by atoms with Crippen LogP contribution in [0.2, 0.25) is 0 Å². The zero-order chi connectivity index (χ0) is 20.5. The van der Waals surface area contributed by atoms with Crippen molar-refractivity contribution in [3.05, 3.63) is 47.5 Å². The molecule has 2 amide bonds. The average molecular weight is 410 g/mol. The molecule has 1 aliphatic heterocycles. The number of fused-ring (bicyclic) bond motifs is 2. The van der Waals surface area contributed by atoms with Crippen molar-refractivity contribution in [2.45, 2.75) is 39.3 Å². The van der Waals surface area contributed by atoms with Gasteiger partial charge in [-0.15, -0.1) is 11.3 Å². The molecule has 1 aliphatic rings. The number of ether oxygens (including phenoxy) is 1. The molecule has 0 saturated heterocycles. The maximum Gasteiger partial charge on any atom is 0.242 e. The molecule has 150 valence electrons. The van der Waals surface area contributed by atoms with Gasteiger partial charge in [-0.3, -0.25) is 9.59 Å². The van der Waals surface area contributed by atoms with Crippen molar-refractivity contribution >= 4 is 33.4 Å². The van der Waals surface area contributed by atoms with E-state index in [0.717, 1.165) is 44.1 Å². The normalized spacial score (nSPS) is 16.2. The first-order chi connectivity index (χ1) is 13.9. The third-order valence-electron chi connectivity index (χ3n) is 4.88. The number of benzene rings is 2. The molecule has 2 aromatic carbocycles. The summed E-state index contributed by atoms with van der Waals surface area (Å²) in [6.07, 6.45) is 0.581. The Morgan fingerprint density at radius 2 is 2.10 bits per heavy atom. The second-order valence-electron chi connectivity index (χ2n) is 7.40. The molecule has 29 heavy (non-hydrogen) atoms. The lowest BCUT2D eigenvalue weighted by molar-refractivity contribution is -0.127. The number of aromatic nitrogens is 1. The summed E-state index contributed by atoms with van der Waals surface area (Å²) >= 11 is 1.65. The maximum absolute atomic E-state index is 12.2. The van der Waals surface area contributed by atoms with E-state index in [1.807, 2.05) is 18.2 Å². The number of carbonyl (C=O) groups excluding carboxylic acids is 2. The van der Waals surface area contributed by atoms with Crippen molar-refractivity contribution in [3.63, 3.8) is 0 Å². The lowest BCUT2D eigenvalue weighted by Gasteiger charge is -2.16. The van der Waals surface area contributed by atoms with Crippen LogP contribution in [-0.4, -0.2) is 35.5 Å². The third kappa shape index (κ3) is 4.10. The summed E-state index contributed by atoms with van der Waals surface area (Å²) in [6.45, 7) is 5.51. The van der Waals surface area contributed by atoms with Crippen LogP contribution in [0.1, 0.15) is 25.0 Å². The summed E-state index contributed by atoms with van der Waals surface area (Å²) in [7, 11) is 0. The van der Waals surface area contributed by atoms with Crippen LogP contribution in [0.4, 0.5) is 0 Å². The highest BCUT2D eigenvalue weighted by Gasteiger charge is 2.28. The van der Waals surface area contributed by atoms with Gasteiger partial charge in [-0.05, 0) is 43.2 Å². The molecule has 0 aliphatic carbocycles. The molecule has 2 N–H and O–H groups in total. The van der Waals surface area contributed by atoms with E-state index in [9.17, 15) is 9.59 Å². The van der Waals surface area contributed by atoms with E-state index in [1.165, 1.54) is 6.92 Å². The van der Waals surface area contributed by atoms with Crippen molar-refractivity contribution in [1.82, 2.24) is 15.6 Å². The van der Waals surface area contributed by atoms with Gasteiger partial charge < -0.3 is 15.4 Å². The van der Waals surface area contributed by atoms with Crippen LogP contribution in [-0.2, 0) is 16.0 Å². The van der Waals surface area contributed by atoms with Crippen LogP contribution < -0.4 is 15.4 Å². The Hall–Kier alpha value is -2.93. The molecule has 4 rings (SSSR count). The quantitative estimate of drug-likeness (QED) is 0.678. The summed E-state index contributed by atoms with van der Waals surface area (Å²) < 4.78 is 7.36. The highest BCUT2D eigenvalue weighted by molar-refractivity contribution is 7.21. The molecule has 1 aromatic heterocycles. The molecule has 0 radical (unpaired) electrons. The molecule has 0 unspecified atom stereocenters. The molecule has 3 aromatic rings. The Kier molecular flexibility index (Phi) is 5.24. The monoisotopic (exact) mass is 409 g/mol. The van der Waals surface area contributed by atoms with Crippen LogP contribution in [0.5, 0.6) is 5.75 Å². The Bertz CT molecular complexity index is 1060. The summed E-state index contributed by atoms with van der Waals surface area (Å²) in [4.78, 5) is 28.1. The van der Waals surface area contributed by atoms with Crippen molar-refractivity contribution in [3.8, 4) is 16.3 Å². The van der Waals surface area contributed by atoms with E-state index in [4.69, 9.17) is 9.72 Å². The maximum atomic E-state index is 12.2. The minimum Gasteiger partial charge on any atom is -0.487 e. The molecular formula is C22H23N3O3S. The van der Waals surface area contributed by atoms with Gasteiger partial charge in [0, 0.05) is 13.3 Å². The molecule has 2 atom stereocenters. The molecule has 0 bridgehead atoms. The van der Waals surface area contributed by atoms with Crippen LogP contribution in [0.3, 0.4) is 0 Å². The zero-order valence-electron chi connectivity index (χ0n) is 16.6. The van der Waals surface area contributed by atoms with Crippen molar-refractivity contribution in [1.29, 1.82) is 0 Å². The molecule has 2 heterocycles. The lowest BCUT2D eigenvalue weighted by Crippen LogP contribution is -2.46. The molecule has 0 fully saturated rings. The van der Waals surface area contributed by atoms with E-state index >= 15 is 0 Å². The average Bonchev–Trinajstić information content (AvgIpc) is 3.28. The predicted molar refractivity (Wildman–Crippen MR) is 114 cm³/mol. The topological polar surface area (TPSA) is 80.3 Å². The van der Waals surface area contributed by atoms with E-state index in [-0.39, 0.29) is 17.9 Å². The molecular weight excluding hydrogens is 386 g/mol. The number of hydrogen-bond acceptors (Lipinski definition) is 5. The van der Waals surface area contributed by atoms with Gasteiger partial charge in [-0.25, -0.2) is 4.98 Å². The van der Waals surface area contributed by atoms with Gasteiger partial charge in [0.25, 0.3) is 0 Å². The van der Waals surface area contributed by atoms with Gasteiger partial charge in [0.2, 0.25) is 11.8 Å². The van der Waals surface area contributed by atoms with Crippen LogP contribution in [0.15, 0.2) is 36.4 Å². The standard InChI is InChI=1S/C22H23N3O3S/c1-12-8-15-10-16(11-23-21(27)13(2)24-14(3)26)28-20(15)17(9-12)22-25-18-6-4-5-7-19(18)29-22/h4-9,13,16H,10-11H2,1-3H3,(H,23,27)(H,24,26)/t13-,16-/m0/s1. The number of thiazole rings is 1. The van der Waals surface area contributed by atoms with E-state index < -0.39 is 6.04 Å². The summed E-state index contributed by atoms with van der Waals surface area (Å²) in [5.41, 5.74) is 4.28. The molecule has 0 saturated carbocycles. The highest BCUT2D eigenvalue weighted by atomic mass is 32.1. The summed E-state index contributed by atoms with van der Waals surface area (Å²) in [5.74, 6) is 0.402. The smallest absolute Gasteiger partial charge is 0.242 e. The van der Waals surface area contributed by atoms with E-state index in [1.54, 1.807) is 18.3 Å². The minimum absolute atomic E-state index is 0.145. The largest absolute Gasteiger partial charge is 0.487 e. The van der Waals surface area contributed by atoms with E-state index in [2.05, 4.69) is 35.8 Å². The number of aryl methyl sites for hydroxylation is 1. The highest BCUT2D eigenvalue weighted by Crippen LogP contribution is 2.42. The van der Waals surface area contributed by atoms with Crippen molar-refractivity contribution in [2.24, 2.45) is 0 Å². The third-order valence-corrected chi connectivity index (χ3v) is 5.95. The van der Waals surface area contributed by atoms with Gasteiger partial charge in [0.05, 0.1) is 22.3 Å². The fraction of sp³-hybridized carbons (Fsp3) is 0.318. The first-order valence-electron chi connectivity index (χ1n) is 9.61. The fourth-order valence-corrected chi connectivity index (χ4v) is 4.57. The Balaban J connectivity index is 1.52. The van der Waals surface area contributed by atoms with Gasteiger partial charge in [0.15, 0.2) is 0 Å². The van der Waals surface area contributed by atoms with Crippen LogP contribution >= 0.6 is 11.3 Å². The predicted octanol–water partition coefficient (Wildman–Crippen LogP) is 3.22. The first-order valence-corrected chi connectivity index (χ1v) is 10.4. The molecule has 0 spiro atoms. The van der Waals surface area contributed by atoms with Gasteiger partial charge in [-0.2, -0.15) is 0 Å². The Morgan fingerprint density at radius 1 is 1.31 bits per heavy atom. The van der Waals surface area contributed by atoms with Gasteiger partial charge in [-0.1, -0.05) is 18.2 Å². The SMILES string of the molecule is CC(=O)N[C@@H](C)C(=O)NC[C@@H]1Cc2cc(C)cc(-c3nc4ccccc4s3)c2O1. The number of nitrogens with zero attached hydrogens (tertiary/aromatic N) is 1. The second-order valence-corrected chi connectivity index (χ2v) is 8.43.